The molecule has 0 radical (unpaired) electrons. The van der Waals surface area contributed by atoms with E-state index in [0.29, 0.717) is 0 Å². The first-order chi connectivity index (χ1) is 11.2. The first-order valence-corrected chi connectivity index (χ1v) is 8.92. The van der Waals surface area contributed by atoms with Crippen LogP contribution in [0.25, 0.3) is 11.4 Å². The molecular weight excluding hydrogens is 326 g/mol. The average Bonchev–Trinajstić information content (AvgIpc) is 2.99. The van der Waals surface area contributed by atoms with Gasteiger partial charge in [-0.25, -0.2) is 0 Å². The molecule has 1 aromatic heterocycles. The number of nitrogens with zero attached hydrogens (tertiary/aromatic N) is 3. The molecular formula is C18H18ClN3S. The Morgan fingerprint density at radius 2 is 1.87 bits per heavy atom. The van der Waals surface area contributed by atoms with Crippen molar-refractivity contribution in [2.75, 3.05) is 0 Å². The number of aromatic nitrogens is 3. The van der Waals surface area contributed by atoms with Crippen LogP contribution in [-0.2, 0) is 12.3 Å². The summed E-state index contributed by atoms with van der Waals surface area (Å²) in [5.41, 5.74) is 3.35. The third-order valence-electron chi connectivity index (χ3n) is 3.67. The molecule has 5 heteroatoms. The van der Waals surface area contributed by atoms with E-state index in [1.54, 1.807) is 11.8 Å². The first kappa shape index (κ1) is 16.1. The van der Waals surface area contributed by atoms with E-state index in [4.69, 9.17) is 11.6 Å². The predicted molar refractivity (Wildman–Crippen MR) is 96.9 cm³/mol. The van der Waals surface area contributed by atoms with E-state index in [0.717, 1.165) is 39.4 Å². The molecule has 0 saturated heterocycles. The summed E-state index contributed by atoms with van der Waals surface area (Å²) in [7, 11) is 0. The Morgan fingerprint density at radius 3 is 2.57 bits per heavy atom. The van der Waals surface area contributed by atoms with Crippen LogP contribution >= 0.6 is 23.4 Å². The second kappa shape index (κ2) is 7.20. The summed E-state index contributed by atoms with van der Waals surface area (Å²) >= 11 is 7.95. The van der Waals surface area contributed by atoms with Gasteiger partial charge in [0.25, 0.3) is 0 Å². The summed E-state index contributed by atoms with van der Waals surface area (Å²) in [6, 6.07) is 16.4. The van der Waals surface area contributed by atoms with E-state index in [2.05, 4.69) is 46.0 Å². The number of hydrogen-bond acceptors (Lipinski definition) is 3. The zero-order valence-electron chi connectivity index (χ0n) is 13.2. The van der Waals surface area contributed by atoms with Crippen LogP contribution in [0.1, 0.15) is 18.1 Å². The molecule has 0 aliphatic carbocycles. The first-order valence-electron chi connectivity index (χ1n) is 7.55. The molecule has 2 aromatic carbocycles. The maximum atomic E-state index is 6.24. The molecule has 1 heterocycles. The summed E-state index contributed by atoms with van der Waals surface area (Å²) in [5, 5.41) is 10.4. The third-order valence-corrected chi connectivity index (χ3v) is 5.12. The quantitative estimate of drug-likeness (QED) is 0.595. The van der Waals surface area contributed by atoms with Gasteiger partial charge in [0.05, 0.1) is 0 Å². The lowest BCUT2D eigenvalue weighted by Gasteiger charge is -2.08. The minimum atomic E-state index is 0.756. The summed E-state index contributed by atoms with van der Waals surface area (Å²) in [5.74, 6) is 1.75. The van der Waals surface area contributed by atoms with E-state index in [-0.39, 0.29) is 0 Å². The van der Waals surface area contributed by atoms with Crippen molar-refractivity contribution in [1.82, 2.24) is 14.8 Å². The Balaban J connectivity index is 1.86. The zero-order chi connectivity index (χ0) is 16.2. The highest BCUT2D eigenvalue weighted by molar-refractivity contribution is 7.98. The van der Waals surface area contributed by atoms with Gasteiger partial charge in [0.15, 0.2) is 11.0 Å². The van der Waals surface area contributed by atoms with Crippen molar-refractivity contribution in [3.63, 3.8) is 0 Å². The molecule has 3 aromatic rings. The number of thioether (sulfide) groups is 1. The molecule has 0 aliphatic rings. The molecule has 0 spiro atoms. The molecule has 0 bridgehead atoms. The van der Waals surface area contributed by atoms with E-state index in [1.165, 1.54) is 5.56 Å². The number of hydrogen-bond donors (Lipinski definition) is 0. The third kappa shape index (κ3) is 3.59. The largest absolute Gasteiger partial charge is 0.302 e. The molecule has 0 fully saturated rings. The van der Waals surface area contributed by atoms with Gasteiger partial charge in [-0.1, -0.05) is 65.8 Å². The van der Waals surface area contributed by atoms with Gasteiger partial charge in [-0.15, -0.1) is 10.2 Å². The van der Waals surface area contributed by atoms with Gasteiger partial charge >= 0.3 is 0 Å². The molecule has 3 nitrogen and oxygen atoms in total. The summed E-state index contributed by atoms with van der Waals surface area (Å²) < 4.78 is 2.13. The number of halogens is 1. The van der Waals surface area contributed by atoms with Crippen molar-refractivity contribution >= 4 is 23.4 Å². The van der Waals surface area contributed by atoms with E-state index < -0.39 is 0 Å². The Bertz CT molecular complexity index is 799. The van der Waals surface area contributed by atoms with Gasteiger partial charge in [0.2, 0.25) is 0 Å². The summed E-state index contributed by atoms with van der Waals surface area (Å²) in [6.07, 6.45) is 0. The van der Waals surface area contributed by atoms with Gasteiger partial charge < -0.3 is 4.57 Å². The molecule has 0 N–H and O–H groups in total. The van der Waals surface area contributed by atoms with Crippen molar-refractivity contribution in [2.45, 2.75) is 31.3 Å². The van der Waals surface area contributed by atoms with Crippen molar-refractivity contribution in [3.8, 4) is 11.4 Å². The Hall–Kier alpha value is -1.78. The molecule has 3 rings (SSSR count). The highest BCUT2D eigenvalue weighted by Gasteiger charge is 2.14. The standard InChI is InChI=1S/C18H18ClN3S/c1-3-22-17(15-10-9-13(2)16(19)11-15)20-21-18(22)23-12-14-7-5-4-6-8-14/h4-11H,3,12H2,1-2H3. The van der Waals surface area contributed by atoms with Gasteiger partial charge in [-0.3, -0.25) is 0 Å². The van der Waals surface area contributed by atoms with Crippen molar-refractivity contribution in [3.05, 3.63) is 64.7 Å². The fourth-order valence-electron chi connectivity index (χ4n) is 2.35. The smallest absolute Gasteiger partial charge is 0.191 e. The second-order valence-corrected chi connectivity index (χ2v) is 6.64. The minimum Gasteiger partial charge on any atom is -0.302 e. The normalized spacial score (nSPS) is 10.9. The van der Waals surface area contributed by atoms with Crippen molar-refractivity contribution in [2.24, 2.45) is 0 Å². The highest BCUT2D eigenvalue weighted by Crippen LogP contribution is 2.28. The second-order valence-electron chi connectivity index (χ2n) is 5.29. The van der Waals surface area contributed by atoms with E-state index >= 15 is 0 Å². The van der Waals surface area contributed by atoms with Crippen molar-refractivity contribution in [1.29, 1.82) is 0 Å². The number of aryl methyl sites for hydroxylation is 1. The topological polar surface area (TPSA) is 30.7 Å². The van der Waals surface area contributed by atoms with Gasteiger partial charge in [-0.2, -0.15) is 0 Å². The van der Waals surface area contributed by atoms with Crippen LogP contribution in [-0.4, -0.2) is 14.8 Å². The Kier molecular flexibility index (Phi) is 5.03. The van der Waals surface area contributed by atoms with Crippen molar-refractivity contribution < 1.29 is 0 Å². The van der Waals surface area contributed by atoms with E-state index in [1.807, 2.05) is 31.2 Å². The highest BCUT2D eigenvalue weighted by atomic mass is 35.5. The maximum Gasteiger partial charge on any atom is 0.191 e. The van der Waals surface area contributed by atoms with Crippen LogP contribution in [0.2, 0.25) is 5.02 Å². The molecule has 0 unspecified atom stereocenters. The average molecular weight is 344 g/mol. The van der Waals surface area contributed by atoms with Crippen LogP contribution in [0.3, 0.4) is 0 Å². The van der Waals surface area contributed by atoms with Gasteiger partial charge in [0.1, 0.15) is 0 Å². The van der Waals surface area contributed by atoms with Crippen LogP contribution in [0.5, 0.6) is 0 Å². The summed E-state index contributed by atoms with van der Waals surface area (Å²) in [6.45, 7) is 4.93. The van der Waals surface area contributed by atoms with Crippen LogP contribution in [0, 0.1) is 6.92 Å². The fraction of sp³-hybridized carbons (Fsp3) is 0.222. The molecule has 0 atom stereocenters. The molecule has 0 saturated carbocycles. The number of rotatable bonds is 5. The maximum absolute atomic E-state index is 6.24. The predicted octanol–water partition coefficient (Wildman–Crippen LogP) is 5.22. The fourth-order valence-corrected chi connectivity index (χ4v) is 3.49. The van der Waals surface area contributed by atoms with Gasteiger partial charge in [0, 0.05) is 22.9 Å². The molecule has 0 aliphatic heterocycles. The minimum absolute atomic E-state index is 0.756. The lowest BCUT2D eigenvalue weighted by atomic mass is 10.1. The molecule has 118 valence electrons. The Labute approximate surface area is 145 Å². The lowest BCUT2D eigenvalue weighted by molar-refractivity contribution is 0.687. The van der Waals surface area contributed by atoms with Crippen LogP contribution in [0.15, 0.2) is 53.7 Å². The number of benzene rings is 2. The van der Waals surface area contributed by atoms with E-state index in [9.17, 15) is 0 Å². The zero-order valence-corrected chi connectivity index (χ0v) is 14.7. The summed E-state index contributed by atoms with van der Waals surface area (Å²) in [4.78, 5) is 0. The van der Waals surface area contributed by atoms with Crippen LogP contribution in [0.4, 0.5) is 0 Å². The van der Waals surface area contributed by atoms with Gasteiger partial charge in [-0.05, 0) is 31.0 Å². The molecule has 0 amide bonds. The van der Waals surface area contributed by atoms with Crippen LogP contribution < -0.4 is 0 Å². The Morgan fingerprint density at radius 1 is 1.09 bits per heavy atom. The molecule has 23 heavy (non-hydrogen) atoms. The lowest BCUT2D eigenvalue weighted by Crippen LogP contribution is -2.00. The monoisotopic (exact) mass is 343 g/mol. The SMILES string of the molecule is CCn1c(SCc2ccccc2)nnc1-c1ccc(C)c(Cl)c1.